The summed E-state index contributed by atoms with van der Waals surface area (Å²) in [4.78, 5) is 14.7. The highest BCUT2D eigenvalue weighted by Gasteiger charge is 2.43. The molecule has 3 aromatic carbocycles. The van der Waals surface area contributed by atoms with E-state index in [1.165, 1.54) is 29.2 Å². The van der Waals surface area contributed by atoms with Gasteiger partial charge in [0.1, 0.15) is 10.7 Å². The van der Waals surface area contributed by atoms with E-state index < -0.39 is 21.9 Å². The van der Waals surface area contributed by atoms with Crippen LogP contribution in [-0.4, -0.2) is 14.4 Å². The highest BCUT2D eigenvalue weighted by atomic mass is 35.5. The average Bonchev–Trinajstić information content (AvgIpc) is 2.68. The zero-order chi connectivity index (χ0) is 20.8. The molecule has 8 heteroatoms. The van der Waals surface area contributed by atoms with E-state index in [0.29, 0.717) is 16.1 Å². The fourth-order valence-electron chi connectivity index (χ4n) is 3.32. The molecule has 1 heterocycles. The van der Waals surface area contributed by atoms with Gasteiger partial charge in [-0.05, 0) is 54.4 Å². The van der Waals surface area contributed by atoms with Gasteiger partial charge in [-0.25, -0.2) is 17.6 Å². The lowest BCUT2D eigenvalue weighted by Gasteiger charge is -2.36. The first-order chi connectivity index (χ1) is 13.8. The van der Waals surface area contributed by atoms with Gasteiger partial charge in [0.2, 0.25) is 0 Å². The molecule has 5 nitrogen and oxygen atoms in total. The molecule has 0 saturated carbocycles. The fourth-order valence-corrected chi connectivity index (χ4v) is 5.13. The summed E-state index contributed by atoms with van der Waals surface area (Å²) in [7, 11) is -4.15. The summed E-state index contributed by atoms with van der Waals surface area (Å²) in [6, 6.07) is 16.1. The van der Waals surface area contributed by atoms with Crippen molar-refractivity contribution < 1.29 is 17.6 Å². The number of hydrogen-bond donors (Lipinski definition) is 0. The van der Waals surface area contributed by atoms with Crippen molar-refractivity contribution in [2.45, 2.75) is 18.4 Å². The molecule has 0 aromatic heterocycles. The summed E-state index contributed by atoms with van der Waals surface area (Å²) in [5, 5.41) is 0.309. The van der Waals surface area contributed by atoms with Crippen LogP contribution >= 0.6 is 11.6 Å². The first kappa shape index (κ1) is 19.4. The van der Waals surface area contributed by atoms with Crippen molar-refractivity contribution >= 4 is 39.0 Å². The molecule has 0 fully saturated rings. The quantitative estimate of drug-likeness (QED) is 0.579. The van der Waals surface area contributed by atoms with Gasteiger partial charge in [0.25, 0.3) is 10.0 Å². The van der Waals surface area contributed by atoms with Gasteiger partial charge in [0, 0.05) is 5.02 Å². The SMILES string of the molecule is Cc1ccc(Cl)cc1N1C(=O)N(Cc2cccc(F)c2)c2ccccc2S1(=O)=O. The van der Waals surface area contributed by atoms with E-state index in [-0.39, 0.29) is 22.8 Å². The number of hydrogen-bond acceptors (Lipinski definition) is 3. The van der Waals surface area contributed by atoms with Crippen LogP contribution in [0.5, 0.6) is 0 Å². The van der Waals surface area contributed by atoms with Gasteiger partial charge in [-0.1, -0.05) is 41.9 Å². The second-order valence-corrected chi connectivity index (χ2v) is 8.86. The minimum Gasteiger partial charge on any atom is -0.287 e. The summed E-state index contributed by atoms with van der Waals surface area (Å²) < 4.78 is 41.0. The first-order valence-corrected chi connectivity index (χ1v) is 10.6. The Hall–Kier alpha value is -2.90. The molecule has 0 saturated heterocycles. The molecule has 1 aliphatic rings. The third kappa shape index (κ3) is 3.36. The molecule has 0 bridgehead atoms. The average molecular weight is 431 g/mol. The number of benzene rings is 3. The highest BCUT2D eigenvalue weighted by Crippen LogP contribution is 2.39. The smallest absolute Gasteiger partial charge is 0.287 e. The fraction of sp³-hybridized carbons (Fsp3) is 0.0952. The zero-order valence-electron chi connectivity index (χ0n) is 15.3. The lowest BCUT2D eigenvalue weighted by molar-refractivity contribution is 0.253. The van der Waals surface area contributed by atoms with Crippen LogP contribution in [0.25, 0.3) is 0 Å². The second-order valence-electron chi connectivity index (χ2n) is 6.67. The van der Waals surface area contributed by atoms with E-state index in [1.807, 2.05) is 0 Å². The molecule has 0 spiro atoms. The molecular formula is C21H16ClFN2O3S. The number of halogens is 2. The third-order valence-corrected chi connectivity index (χ3v) is 6.67. The third-order valence-electron chi connectivity index (χ3n) is 4.70. The molecular weight excluding hydrogens is 415 g/mol. The van der Waals surface area contributed by atoms with Crippen molar-refractivity contribution in [1.29, 1.82) is 0 Å². The van der Waals surface area contributed by atoms with Gasteiger partial charge in [-0.2, -0.15) is 4.31 Å². The van der Waals surface area contributed by atoms with Crippen LogP contribution in [0.1, 0.15) is 11.1 Å². The Balaban J connectivity index is 1.90. The molecule has 0 atom stereocenters. The molecule has 2 amide bonds. The molecule has 0 radical (unpaired) electrons. The monoisotopic (exact) mass is 430 g/mol. The number of aryl methyl sites for hydroxylation is 1. The summed E-state index contributed by atoms with van der Waals surface area (Å²) in [6.07, 6.45) is 0. The van der Waals surface area contributed by atoms with Crippen LogP contribution in [-0.2, 0) is 16.6 Å². The molecule has 4 rings (SSSR count). The molecule has 29 heavy (non-hydrogen) atoms. The number of para-hydroxylation sites is 1. The van der Waals surface area contributed by atoms with E-state index in [2.05, 4.69) is 0 Å². The van der Waals surface area contributed by atoms with Gasteiger partial charge >= 0.3 is 6.03 Å². The van der Waals surface area contributed by atoms with Crippen LogP contribution < -0.4 is 9.21 Å². The standard InChI is InChI=1S/C21H16ClFN2O3S/c1-14-9-10-16(22)12-19(14)25-21(26)24(13-15-5-4-6-17(23)11-15)18-7-2-3-8-20(18)29(25,27)28/h2-12H,13H2,1H3. The van der Waals surface area contributed by atoms with Gasteiger partial charge < -0.3 is 0 Å². The van der Waals surface area contributed by atoms with Gasteiger partial charge in [-0.3, -0.25) is 4.90 Å². The Kier molecular flexibility index (Phi) is 4.80. The second kappa shape index (κ2) is 7.17. The number of rotatable bonds is 3. The van der Waals surface area contributed by atoms with E-state index in [0.717, 1.165) is 4.31 Å². The van der Waals surface area contributed by atoms with Crippen molar-refractivity contribution in [3.63, 3.8) is 0 Å². The number of sulfonamides is 1. The largest absolute Gasteiger partial charge is 0.343 e. The minimum atomic E-state index is -4.15. The maximum atomic E-state index is 13.7. The Morgan fingerprint density at radius 3 is 2.48 bits per heavy atom. The highest BCUT2D eigenvalue weighted by molar-refractivity contribution is 7.94. The predicted molar refractivity (Wildman–Crippen MR) is 110 cm³/mol. The van der Waals surface area contributed by atoms with Crippen LogP contribution in [0.4, 0.5) is 20.6 Å². The number of urea groups is 1. The Morgan fingerprint density at radius 2 is 1.72 bits per heavy atom. The van der Waals surface area contributed by atoms with Crippen LogP contribution in [0.3, 0.4) is 0 Å². The maximum absolute atomic E-state index is 13.7. The van der Waals surface area contributed by atoms with Crippen molar-refractivity contribution in [3.8, 4) is 0 Å². The lowest BCUT2D eigenvalue weighted by atomic mass is 10.2. The Bertz CT molecular complexity index is 1230. The topological polar surface area (TPSA) is 57.7 Å². The molecule has 3 aromatic rings. The van der Waals surface area contributed by atoms with E-state index in [1.54, 1.807) is 49.4 Å². The number of carbonyl (C=O) groups excluding carboxylic acids is 1. The number of nitrogens with zero attached hydrogens (tertiary/aromatic N) is 2. The molecule has 148 valence electrons. The van der Waals surface area contributed by atoms with Gasteiger partial charge in [0.05, 0.1) is 17.9 Å². The van der Waals surface area contributed by atoms with E-state index >= 15 is 0 Å². The summed E-state index contributed by atoms with van der Waals surface area (Å²) in [6.45, 7) is 1.71. The van der Waals surface area contributed by atoms with Crippen molar-refractivity contribution in [3.05, 3.63) is 88.7 Å². The van der Waals surface area contributed by atoms with Crippen molar-refractivity contribution in [1.82, 2.24) is 0 Å². The number of amides is 2. The van der Waals surface area contributed by atoms with E-state index in [4.69, 9.17) is 11.6 Å². The van der Waals surface area contributed by atoms with Crippen LogP contribution in [0.2, 0.25) is 5.02 Å². The minimum absolute atomic E-state index is 0.00428. The number of anilines is 2. The van der Waals surface area contributed by atoms with E-state index in [9.17, 15) is 17.6 Å². The lowest BCUT2D eigenvalue weighted by Crippen LogP contribution is -2.51. The molecule has 1 aliphatic heterocycles. The first-order valence-electron chi connectivity index (χ1n) is 8.75. The summed E-state index contributed by atoms with van der Waals surface area (Å²) in [5.74, 6) is -0.435. The molecule has 0 aliphatic carbocycles. The van der Waals surface area contributed by atoms with Crippen LogP contribution in [0, 0.1) is 12.7 Å². The normalized spacial score (nSPS) is 15.3. The molecule has 0 unspecified atom stereocenters. The van der Waals surface area contributed by atoms with Crippen molar-refractivity contribution in [2.24, 2.45) is 0 Å². The van der Waals surface area contributed by atoms with Gasteiger partial charge in [0.15, 0.2) is 0 Å². The summed E-state index contributed by atoms with van der Waals surface area (Å²) >= 11 is 6.07. The van der Waals surface area contributed by atoms with Gasteiger partial charge in [-0.15, -0.1) is 0 Å². The van der Waals surface area contributed by atoms with Crippen LogP contribution in [0.15, 0.2) is 71.6 Å². The maximum Gasteiger partial charge on any atom is 0.343 e. The number of fused-ring (bicyclic) bond motifs is 1. The Morgan fingerprint density at radius 1 is 0.966 bits per heavy atom. The summed E-state index contributed by atoms with van der Waals surface area (Å²) in [5.41, 5.74) is 1.55. The molecule has 0 N–H and O–H groups in total. The zero-order valence-corrected chi connectivity index (χ0v) is 16.9. The van der Waals surface area contributed by atoms with Crippen molar-refractivity contribution in [2.75, 3.05) is 9.21 Å². The Labute approximate surface area is 173 Å². The predicted octanol–water partition coefficient (Wildman–Crippen LogP) is 5.12. The number of carbonyl (C=O) groups is 1.